The molecular weight excluding hydrogens is 200 g/mol. The van der Waals surface area contributed by atoms with E-state index in [1.165, 1.54) is 0 Å². The summed E-state index contributed by atoms with van der Waals surface area (Å²) in [6, 6.07) is 8.04. The van der Waals surface area contributed by atoms with Gasteiger partial charge in [0.05, 0.1) is 6.20 Å². The number of anilines is 1. The first-order valence-corrected chi connectivity index (χ1v) is 5.01. The molecule has 0 saturated heterocycles. The summed E-state index contributed by atoms with van der Waals surface area (Å²) in [7, 11) is 0. The minimum atomic E-state index is 0.888. The molecular formula is C12H10N4. The molecule has 0 amide bonds. The van der Waals surface area contributed by atoms with Gasteiger partial charge in [-0.05, 0) is 6.07 Å². The van der Waals surface area contributed by atoms with E-state index in [0.29, 0.717) is 0 Å². The third-order valence-corrected chi connectivity index (χ3v) is 2.42. The molecule has 1 N–H and O–H groups in total. The van der Waals surface area contributed by atoms with Crippen LogP contribution < -0.4 is 5.32 Å². The van der Waals surface area contributed by atoms with Gasteiger partial charge in [0.15, 0.2) is 0 Å². The molecule has 4 nitrogen and oxygen atoms in total. The van der Waals surface area contributed by atoms with Crippen molar-refractivity contribution in [2.24, 2.45) is 4.99 Å². The number of imidazole rings is 1. The minimum Gasteiger partial charge on any atom is -0.340 e. The normalized spacial score (nSPS) is 13.6. The fourth-order valence-corrected chi connectivity index (χ4v) is 1.61. The minimum absolute atomic E-state index is 0.888. The van der Waals surface area contributed by atoms with Crippen molar-refractivity contribution in [2.75, 3.05) is 5.32 Å². The molecule has 4 heteroatoms. The van der Waals surface area contributed by atoms with Gasteiger partial charge >= 0.3 is 0 Å². The van der Waals surface area contributed by atoms with Crippen LogP contribution in [0, 0.1) is 0 Å². The van der Waals surface area contributed by atoms with Crippen LogP contribution in [0.2, 0.25) is 0 Å². The second-order valence-electron chi connectivity index (χ2n) is 3.47. The van der Waals surface area contributed by atoms with Gasteiger partial charge in [-0.25, -0.2) is 4.98 Å². The van der Waals surface area contributed by atoms with Crippen LogP contribution in [-0.2, 0) is 0 Å². The van der Waals surface area contributed by atoms with Crippen molar-refractivity contribution >= 4 is 17.7 Å². The summed E-state index contributed by atoms with van der Waals surface area (Å²) < 4.78 is 1.89. The zero-order chi connectivity index (χ0) is 10.8. The van der Waals surface area contributed by atoms with Crippen LogP contribution in [0.15, 0.2) is 54.2 Å². The van der Waals surface area contributed by atoms with Gasteiger partial charge in [-0.3, -0.25) is 9.56 Å². The van der Waals surface area contributed by atoms with E-state index in [9.17, 15) is 0 Å². The number of nitrogens with one attached hydrogen (secondary N) is 1. The fraction of sp³-hybridized carbons (Fsp3) is 0. The third kappa shape index (κ3) is 1.50. The Labute approximate surface area is 93.0 Å². The van der Waals surface area contributed by atoms with Crippen LogP contribution in [-0.4, -0.2) is 15.8 Å². The summed E-state index contributed by atoms with van der Waals surface area (Å²) in [4.78, 5) is 8.27. The van der Waals surface area contributed by atoms with Gasteiger partial charge in [-0.1, -0.05) is 18.2 Å². The predicted molar refractivity (Wildman–Crippen MR) is 64.2 cm³/mol. The number of hydrogen-bond donors (Lipinski definition) is 1. The first-order valence-electron chi connectivity index (χ1n) is 5.01. The van der Waals surface area contributed by atoms with Crippen molar-refractivity contribution in [2.45, 2.75) is 0 Å². The zero-order valence-corrected chi connectivity index (χ0v) is 8.54. The maximum absolute atomic E-state index is 4.25. The van der Waals surface area contributed by atoms with Crippen molar-refractivity contribution in [3.63, 3.8) is 0 Å². The van der Waals surface area contributed by atoms with Gasteiger partial charge in [0, 0.05) is 29.9 Å². The third-order valence-electron chi connectivity index (χ3n) is 2.42. The van der Waals surface area contributed by atoms with Crippen LogP contribution >= 0.6 is 0 Å². The lowest BCUT2D eigenvalue weighted by Crippen LogP contribution is -2.05. The Bertz CT molecular complexity index is 552. The quantitative estimate of drug-likeness (QED) is 0.783. The topological polar surface area (TPSA) is 42.2 Å². The zero-order valence-electron chi connectivity index (χ0n) is 8.54. The Morgan fingerprint density at radius 2 is 2.12 bits per heavy atom. The Morgan fingerprint density at radius 1 is 1.19 bits per heavy atom. The van der Waals surface area contributed by atoms with E-state index in [0.717, 1.165) is 17.1 Å². The highest BCUT2D eigenvalue weighted by atomic mass is 15.2. The first kappa shape index (κ1) is 8.91. The van der Waals surface area contributed by atoms with Crippen LogP contribution in [0.4, 0.5) is 5.69 Å². The second kappa shape index (κ2) is 3.66. The first-order chi connectivity index (χ1) is 7.93. The molecule has 1 aromatic carbocycles. The van der Waals surface area contributed by atoms with Crippen LogP contribution in [0.3, 0.4) is 0 Å². The predicted octanol–water partition coefficient (Wildman–Crippen LogP) is 2.18. The van der Waals surface area contributed by atoms with Crippen LogP contribution in [0.5, 0.6) is 0 Å². The lowest BCUT2D eigenvalue weighted by atomic mass is 10.2. The Balaban J connectivity index is 2.03. The molecule has 0 radical (unpaired) electrons. The summed E-state index contributed by atoms with van der Waals surface area (Å²) in [5.41, 5.74) is 2.12. The molecule has 1 aliphatic rings. The Kier molecular flexibility index (Phi) is 2.04. The molecule has 1 aliphatic heterocycles. The monoisotopic (exact) mass is 210 g/mol. The molecule has 2 aromatic rings. The second-order valence-corrected chi connectivity index (χ2v) is 3.47. The summed E-state index contributed by atoms with van der Waals surface area (Å²) >= 11 is 0. The highest BCUT2D eigenvalue weighted by Gasteiger charge is 2.06. The summed E-state index contributed by atoms with van der Waals surface area (Å²) in [5, 5.41) is 3.32. The number of aliphatic imine (C=N–C) groups is 1. The standard InChI is InChI=1S/C12H10N4/c1-2-4-11-10(3-1)7-14-8-12(15-11)16-6-5-13-9-16/h1-9,15H. The average molecular weight is 210 g/mol. The smallest absolute Gasteiger partial charge is 0.134 e. The number of para-hydroxylation sites is 1. The number of aromatic nitrogens is 2. The maximum Gasteiger partial charge on any atom is 0.134 e. The van der Waals surface area contributed by atoms with Gasteiger partial charge in [0.1, 0.15) is 12.1 Å². The number of nitrogens with zero attached hydrogens (tertiary/aromatic N) is 3. The Morgan fingerprint density at radius 3 is 3.00 bits per heavy atom. The van der Waals surface area contributed by atoms with Crippen LogP contribution in [0.25, 0.3) is 5.82 Å². The molecule has 1 aromatic heterocycles. The molecule has 16 heavy (non-hydrogen) atoms. The van der Waals surface area contributed by atoms with Gasteiger partial charge < -0.3 is 5.32 Å². The fourth-order valence-electron chi connectivity index (χ4n) is 1.61. The highest BCUT2D eigenvalue weighted by molar-refractivity contribution is 5.91. The molecule has 78 valence electrons. The van der Waals surface area contributed by atoms with Gasteiger partial charge in [0.2, 0.25) is 0 Å². The SMILES string of the molecule is C1=NC=C(n2ccnc2)Nc2ccccc21. The lowest BCUT2D eigenvalue weighted by Gasteiger charge is -2.10. The molecule has 3 rings (SSSR count). The average Bonchev–Trinajstić information content (AvgIpc) is 2.75. The largest absolute Gasteiger partial charge is 0.340 e. The summed E-state index contributed by atoms with van der Waals surface area (Å²) in [6.07, 6.45) is 8.97. The van der Waals surface area contributed by atoms with Crippen molar-refractivity contribution in [3.05, 3.63) is 54.7 Å². The molecule has 0 bridgehead atoms. The van der Waals surface area contributed by atoms with Crippen LogP contribution in [0.1, 0.15) is 5.56 Å². The van der Waals surface area contributed by atoms with Crippen molar-refractivity contribution in [3.8, 4) is 0 Å². The van der Waals surface area contributed by atoms with E-state index in [-0.39, 0.29) is 0 Å². The molecule has 0 fully saturated rings. The molecule has 0 aliphatic carbocycles. The van der Waals surface area contributed by atoms with Crippen molar-refractivity contribution in [1.82, 2.24) is 9.55 Å². The molecule has 0 atom stereocenters. The number of benzene rings is 1. The van der Waals surface area contributed by atoms with E-state index in [1.54, 1.807) is 18.7 Å². The summed E-state index contributed by atoms with van der Waals surface area (Å²) in [5.74, 6) is 0.888. The Hall–Kier alpha value is -2.36. The van der Waals surface area contributed by atoms with Crippen molar-refractivity contribution < 1.29 is 0 Å². The van der Waals surface area contributed by atoms with E-state index < -0.39 is 0 Å². The van der Waals surface area contributed by atoms with E-state index >= 15 is 0 Å². The van der Waals surface area contributed by atoms with Crippen molar-refractivity contribution in [1.29, 1.82) is 0 Å². The maximum atomic E-state index is 4.25. The number of fused-ring (bicyclic) bond motifs is 1. The number of hydrogen-bond acceptors (Lipinski definition) is 3. The molecule has 0 saturated carbocycles. The van der Waals surface area contributed by atoms with E-state index in [4.69, 9.17) is 0 Å². The van der Waals surface area contributed by atoms with E-state index in [1.807, 2.05) is 41.2 Å². The van der Waals surface area contributed by atoms with Gasteiger partial charge in [-0.2, -0.15) is 0 Å². The lowest BCUT2D eigenvalue weighted by molar-refractivity contribution is 1.07. The van der Waals surface area contributed by atoms with Gasteiger partial charge in [0.25, 0.3) is 0 Å². The molecule has 2 heterocycles. The highest BCUT2D eigenvalue weighted by Crippen LogP contribution is 2.19. The molecule has 0 unspecified atom stereocenters. The van der Waals surface area contributed by atoms with Gasteiger partial charge in [-0.15, -0.1) is 0 Å². The van der Waals surface area contributed by atoms with E-state index in [2.05, 4.69) is 15.3 Å². The summed E-state index contributed by atoms with van der Waals surface area (Å²) in [6.45, 7) is 0. The number of rotatable bonds is 1. The molecule has 0 spiro atoms.